The van der Waals surface area contributed by atoms with Crippen molar-refractivity contribution in [2.75, 3.05) is 5.32 Å². The van der Waals surface area contributed by atoms with E-state index in [1.165, 1.54) is 11.3 Å². The van der Waals surface area contributed by atoms with Gasteiger partial charge in [0.15, 0.2) is 5.13 Å². The second-order valence-corrected chi connectivity index (χ2v) is 8.21. The molecule has 1 amide bonds. The molecule has 5 nitrogen and oxygen atoms in total. The van der Waals surface area contributed by atoms with Gasteiger partial charge in [-0.3, -0.25) is 10.1 Å². The molecule has 4 rings (SSSR count). The number of hydrogen-bond acceptors (Lipinski definition) is 5. The maximum absolute atomic E-state index is 12.9. The van der Waals surface area contributed by atoms with E-state index in [1.54, 1.807) is 17.6 Å². The Labute approximate surface area is 173 Å². The van der Waals surface area contributed by atoms with Crippen LogP contribution >= 0.6 is 27.3 Å². The summed E-state index contributed by atoms with van der Waals surface area (Å²) in [5.74, 6) is -0.316. The number of nitrogens with one attached hydrogen (secondary N) is 1. The molecule has 0 saturated heterocycles. The third-order valence-corrected chi connectivity index (χ3v) is 5.22. The summed E-state index contributed by atoms with van der Waals surface area (Å²) in [6.45, 7) is 4.02. The van der Waals surface area contributed by atoms with Crippen LogP contribution in [-0.4, -0.2) is 10.9 Å². The highest BCUT2D eigenvalue weighted by Gasteiger charge is 2.14. The standard InChI is InChI=1S/C21H16BrN3O2S/c1-12-7-13(2)9-16(8-12)24-20-17(19(26)25-21-23-5-6-28-21)11-14-10-15(22)3-4-18(14)27-20/h3-11H,1-2H3,(H,23,25,26). The molecule has 0 spiro atoms. The van der Waals surface area contributed by atoms with E-state index in [9.17, 15) is 4.79 Å². The van der Waals surface area contributed by atoms with Gasteiger partial charge in [-0.2, -0.15) is 0 Å². The first-order chi connectivity index (χ1) is 13.5. The van der Waals surface area contributed by atoms with E-state index in [4.69, 9.17) is 4.42 Å². The number of nitrogens with zero attached hydrogens (tertiary/aromatic N) is 2. The summed E-state index contributed by atoms with van der Waals surface area (Å²) >= 11 is 4.81. The predicted octanol–water partition coefficient (Wildman–Crippen LogP) is 5.75. The van der Waals surface area contributed by atoms with E-state index in [0.717, 1.165) is 26.7 Å². The van der Waals surface area contributed by atoms with E-state index >= 15 is 0 Å². The first-order valence-electron chi connectivity index (χ1n) is 8.55. The van der Waals surface area contributed by atoms with Crippen LogP contribution in [0, 0.1) is 13.8 Å². The lowest BCUT2D eigenvalue weighted by Crippen LogP contribution is -2.21. The summed E-state index contributed by atoms with van der Waals surface area (Å²) in [5, 5.41) is 5.94. The Morgan fingerprint density at radius 1 is 1.14 bits per heavy atom. The fourth-order valence-electron chi connectivity index (χ4n) is 2.93. The lowest BCUT2D eigenvalue weighted by molar-refractivity contribution is 0.102. The molecular formula is C21H16BrN3O2S. The molecule has 0 saturated carbocycles. The maximum atomic E-state index is 12.9. The number of carbonyl (C=O) groups excluding carboxylic acids is 1. The number of benzene rings is 2. The zero-order chi connectivity index (χ0) is 19.7. The van der Waals surface area contributed by atoms with Gasteiger partial charge in [0.25, 0.3) is 5.91 Å². The number of aromatic nitrogens is 1. The van der Waals surface area contributed by atoms with Crippen LogP contribution in [0.2, 0.25) is 0 Å². The lowest BCUT2D eigenvalue weighted by Gasteiger charge is -2.06. The molecule has 2 aromatic heterocycles. The van der Waals surface area contributed by atoms with Crippen molar-refractivity contribution in [1.82, 2.24) is 4.98 Å². The largest absolute Gasteiger partial charge is 0.438 e. The Kier molecular flexibility index (Phi) is 5.11. The topological polar surface area (TPSA) is 67.5 Å². The van der Waals surface area contributed by atoms with Crippen molar-refractivity contribution in [1.29, 1.82) is 0 Å². The molecule has 1 N–H and O–H groups in total. The highest BCUT2D eigenvalue weighted by atomic mass is 79.9. The molecule has 0 unspecified atom stereocenters. The van der Waals surface area contributed by atoms with Gasteiger partial charge in [-0.05, 0) is 61.4 Å². The normalized spacial score (nSPS) is 11.8. The van der Waals surface area contributed by atoms with Crippen molar-refractivity contribution in [3.8, 4) is 0 Å². The zero-order valence-corrected chi connectivity index (χ0v) is 17.6. The summed E-state index contributed by atoms with van der Waals surface area (Å²) in [7, 11) is 0. The van der Waals surface area contributed by atoms with Gasteiger partial charge in [0, 0.05) is 21.4 Å². The highest BCUT2D eigenvalue weighted by molar-refractivity contribution is 9.10. The van der Waals surface area contributed by atoms with Crippen LogP contribution in [0.4, 0.5) is 10.8 Å². The van der Waals surface area contributed by atoms with Gasteiger partial charge >= 0.3 is 0 Å². The van der Waals surface area contributed by atoms with Crippen molar-refractivity contribution in [2.24, 2.45) is 4.99 Å². The van der Waals surface area contributed by atoms with Crippen LogP contribution in [0.15, 0.2) is 67.9 Å². The van der Waals surface area contributed by atoms with Gasteiger partial charge in [-0.15, -0.1) is 11.3 Å². The maximum Gasteiger partial charge on any atom is 0.262 e. The second kappa shape index (κ2) is 7.69. The molecule has 140 valence electrons. The number of amides is 1. The third-order valence-electron chi connectivity index (χ3n) is 4.04. The molecule has 0 atom stereocenters. The Morgan fingerprint density at radius 3 is 2.64 bits per heavy atom. The van der Waals surface area contributed by atoms with Crippen LogP contribution in [0.25, 0.3) is 11.0 Å². The Bertz CT molecular complexity index is 1230. The van der Waals surface area contributed by atoms with E-state index in [2.05, 4.69) is 37.3 Å². The molecule has 4 aromatic rings. The average Bonchev–Trinajstić information content (AvgIpc) is 3.13. The number of carbonyl (C=O) groups is 1. The molecule has 0 radical (unpaired) electrons. The SMILES string of the molecule is Cc1cc(C)cc(N=c2oc3ccc(Br)cc3cc2C(=O)Nc2nccs2)c1. The predicted molar refractivity (Wildman–Crippen MR) is 115 cm³/mol. The number of rotatable bonds is 3. The Hall–Kier alpha value is -2.77. The van der Waals surface area contributed by atoms with Crippen LogP contribution in [0.5, 0.6) is 0 Å². The van der Waals surface area contributed by atoms with Crippen LogP contribution in [0.1, 0.15) is 21.5 Å². The lowest BCUT2D eigenvalue weighted by atomic mass is 10.1. The summed E-state index contributed by atoms with van der Waals surface area (Å²) in [5.41, 5.74) is 4.18. The van der Waals surface area contributed by atoms with Crippen molar-refractivity contribution in [2.45, 2.75) is 13.8 Å². The number of anilines is 1. The fourth-order valence-corrected chi connectivity index (χ4v) is 3.83. The van der Waals surface area contributed by atoms with Gasteiger partial charge in [0.2, 0.25) is 5.55 Å². The molecule has 0 aliphatic heterocycles. The van der Waals surface area contributed by atoms with E-state index in [-0.39, 0.29) is 11.5 Å². The minimum Gasteiger partial charge on any atom is -0.438 e. The van der Waals surface area contributed by atoms with Gasteiger partial charge in [-0.25, -0.2) is 9.98 Å². The van der Waals surface area contributed by atoms with Gasteiger partial charge in [0.05, 0.1) is 5.69 Å². The fraction of sp³-hybridized carbons (Fsp3) is 0.0952. The quantitative estimate of drug-likeness (QED) is 0.429. The minimum atomic E-state index is -0.316. The summed E-state index contributed by atoms with van der Waals surface area (Å²) in [6, 6.07) is 13.4. The number of aryl methyl sites for hydroxylation is 2. The van der Waals surface area contributed by atoms with E-state index in [1.807, 2.05) is 44.2 Å². The number of halogens is 1. The number of thiazole rings is 1. The van der Waals surface area contributed by atoms with E-state index < -0.39 is 0 Å². The van der Waals surface area contributed by atoms with E-state index in [0.29, 0.717) is 16.3 Å². The summed E-state index contributed by atoms with van der Waals surface area (Å²) in [4.78, 5) is 21.7. The molecule has 2 aromatic carbocycles. The zero-order valence-electron chi connectivity index (χ0n) is 15.2. The molecule has 7 heteroatoms. The Balaban J connectivity index is 1.90. The molecule has 0 aliphatic carbocycles. The monoisotopic (exact) mass is 453 g/mol. The molecule has 2 heterocycles. The minimum absolute atomic E-state index is 0.258. The molecule has 28 heavy (non-hydrogen) atoms. The van der Waals surface area contributed by atoms with Crippen LogP contribution in [0.3, 0.4) is 0 Å². The average molecular weight is 454 g/mol. The van der Waals surface area contributed by atoms with Gasteiger partial charge < -0.3 is 4.42 Å². The van der Waals surface area contributed by atoms with Gasteiger partial charge in [-0.1, -0.05) is 22.0 Å². The van der Waals surface area contributed by atoms with Crippen molar-refractivity contribution < 1.29 is 9.21 Å². The Morgan fingerprint density at radius 2 is 1.93 bits per heavy atom. The molecular weight excluding hydrogens is 438 g/mol. The summed E-state index contributed by atoms with van der Waals surface area (Å²) < 4.78 is 6.91. The van der Waals surface area contributed by atoms with Crippen LogP contribution in [-0.2, 0) is 0 Å². The van der Waals surface area contributed by atoms with Crippen molar-refractivity contribution in [3.63, 3.8) is 0 Å². The smallest absolute Gasteiger partial charge is 0.262 e. The number of hydrogen-bond donors (Lipinski definition) is 1. The third kappa shape index (κ3) is 4.05. The number of fused-ring (bicyclic) bond motifs is 1. The second-order valence-electron chi connectivity index (χ2n) is 6.40. The molecule has 0 bridgehead atoms. The molecule has 0 aliphatic rings. The first kappa shape index (κ1) is 18.6. The van der Waals surface area contributed by atoms with Crippen molar-refractivity contribution in [3.05, 3.63) is 80.8 Å². The first-order valence-corrected chi connectivity index (χ1v) is 10.2. The summed E-state index contributed by atoms with van der Waals surface area (Å²) in [6.07, 6.45) is 1.64. The van der Waals surface area contributed by atoms with Crippen LogP contribution < -0.4 is 10.9 Å². The molecule has 0 fully saturated rings. The van der Waals surface area contributed by atoms with Gasteiger partial charge in [0.1, 0.15) is 11.1 Å². The highest BCUT2D eigenvalue weighted by Crippen LogP contribution is 2.22. The van der Waals surface area contributed by atoms with Crippen molar-refractivity contribution >= 4 is 55.0 Å².